The first kappa shape index (κ1) is 10.9. The largest absolute Gasteiger partial charge is 0.394 e. The van der Waals surface area contributed by atoms with Gasteiger partial charge in [0.05, 0.1) is 18.7 Å². The Labute approximate surface area is 90.0 Å². The normalized spacial score (nSPS) is 26.5. The van der Waals surface area contributed by atoms with Gasteiger partial charge in [0.1, 0.15) is 0 Å². The molecule has 1 amide bonds. The van der Waals surface area contributed by atoms with Crippen molar-refractivity contribution in [2.24, 2.45) is 0 Å². The van der Waals surface area contributed by atoms with E-state index < -0.39 is 0 Å². The summed E-state index contributed by atoms with van der Waals surface area (Å²) in [5, 5.41) is 16.0. The highest BCUT2D eigenvalue weighted by molar-refractivity contribution is 5.79. The third kappa shape index (κ3) is 1.75. The fourth-order valence-corrected chi connectivity index (χ4v) is 2.67. The van der Waals surface area contributed by atoms with Crippen LogP contribution in [0.3, 0.4) is 0 Å². The van der Waals surface area contributed by atoms with Crippen LogP contribution in [0.15, 0.2) is 0 Å². The minimum absolute atomic E-state index is 0.0114. The molecule has 15 heavy (non-hydrogen) atoms. The lowest BCUT2D eigenvalue weighted by atomic mass is 9.86. The summed E-state index contributed by atoms with van der Waals surface area (Å²) in [6, 6.07) is 0. The summed E-state index contributed by atoms with van der Waals surface area (Å²) < 4.78 is 0. The molecule has 2 saturated heterocycles. The number of carbonyl (C=O) groups excluding carboxylic acids is 1. The molecule has 2 N–H and O–H groups in total. The molecule has 2 aliphatic rings. The van der Waals surface area contributed by atoms with Crippen molar-refractivity contribution in [3.63, 3.8) is 0 Å². The Morgan fingerprint density at radius 1 is 1.47 bits per heavy atom. The first-order valence-corrected chi connectivity index (χ1v) is 5.55. The molecule has 2 rings (SSSR count). The van der Waals surface area contributed by atoms with Gasteiger partial charge in [-0.05, 0) is 25.9 Å². The molecule has 86 valence electrons. The lowest BCUT2D eigenvalue weighted by Crippen LogP contribution is -2.53. The molecule has 2 aliphatic heterocycles. The van der Waals surface area contributed by atoms with Crippen LogP contribution in [0, 0.1) is 0 Å². The summed E-state index contributed by atoms with van der Waals surface area (Å²) in [6.07, 6.45) is 2.62. The number of carbonyl (C=O) groups is 1. The molecule has 0 atom stereocenters. The van der Waals surface area contributed by atoms with Crippen molar-refractivity contribution in [3.8, 4) is 0 Å². The first-order valence-electron chi connectivity index (χ1n) is 5.55. The molecule has 0 aromatic carbocycles. The van der Waals surface area contributed by atoms with Crippen LogP contribution in [0.5, 0.6) is 0 Å². The average Bonchev–Trinajstić information content (AvgIpc) is 2.45. The van der Waals surface area contributed by atoms with Crippen molar-refractivity contribution >= 4 is 5.91 Å². The molecule has 0 aliphatic carbocycles. The van der Waals surface area contributed by atoms with E-state index in [2.05, 4.69) is 5.32 Å². The van der Waals surface area contributed by atoms with Crippen LogP contribution in [0.25, 0.3) is 0 Å². The van der Waals surface area contributed by atoms with Gasteiger partial charge in [0.2, 0.25) is 5.91 Å². The number of hydrogen-bond donors (Lipinski definition) is 2. The molecular weight excluding hydrogens is 194 g/mol. The number of amides is 1. The van der Waals surface area contributed by atoms with E-state index in [9.17, 15) is 4.79 Å². The zero-order chi connectivity index (χ0) is 10.9. The molecule has 5 nitrogen and oxygen atoms in total. The van der Waals surface area contributed by atoms with Gasteiger partial charge in [-0.25, -0.2) is 5.01 Å². The van der Waals surface area contributed by atoms with Crippen LogP contribution < -0.4 is 5.32 Å². The van der Waals surface area contributed by atoms with E-state index in [1.54, 1.807) is 5.01 Å². The molecule has 5 heteroatoms. The molecule has 2 heterocycles. The van der Waals surface area contributed by atoms with Crippen molar-refractivity contribution in [1.82, 2.24) is 15.3 Å². The van der Waals surface area contributed by atoms with Gasteiger partial charge in [0.25, 0.3) is 0 Å². The quantitative estimate of drug-likeness (QED) is 0.629. The Kier molecular flexibility index (Phi) is 2.95. The number of hydrogen-bond acceptors (Lipinski definition) is 4. The van der Waals surface area contributed by atoms with E-state index in [1.165, 1.54) is 0 Å². The number of hydrazine groups is 1. The van der Waals surface area contributed by atoms with Gasteiger partial charge in [-0.2, -0.15) is 0 Å². The zero-order valence-corrected chi connectivity index (χ0v) is 9.20. The summed E-state index contributed by atoms with van der Waals surface area (Å²) in [5.74, 6) is 0.147. The molecule has 0 unspecified atom stereocenters. The van der Waals surface area contributed by atoms with Crippen LogP contribution in [0.2, 0.25) is 0 Å². The van der Waals surface area contributed by atoms with Gasteiger partial charge in [-0.15, -0.1) is 0 Å². The van der Waals surface area contributed by atoms with E-state index >= 15 is 0 Å². The standard InChI is InChI=1S/C10H19N3O2/c1-12-10(2-4-11-5-3-10)8-9(15)13(12)6-7-14/h11,14H,2-8H2,1H3. The summed E-state index contributed by atoms with van der Waals surface area (Å²) in [5.41, 5.74) is 0.0114. The van der Waals surface area contributed by atoms with Crippen LogP contribution in [-0.2, 0) is 4.79 Å². The maximum absolute atomic E-state index is 11.8. The molecule has 0 aromatic rings. The highest BCUT2D eigenvalue weighted by atomic mass is 16.3. The number of piperidine rings is 1. The minimum atomic E-state index is 0.0114. The lowest BCUT2D eigenvalue weighted by Gasteiger charge is -2.41. The van der Waals surface area contributed by atoms with Crippen LogP contribution >= 0.6 is 0 Å². The van der Waals surface area contributed by atoms with Gasteiger partial charge in [-0.3, -0.25) is 9.80 Å². The fraction of sp³-hybridized carbons (Fsp3) is 0.900. The van der Waals surface area contributed by atoms with Gasteiger partial charge >= 0.3 is 0 Å². The Bertz CT molecular complexity index is 251. The van der Waals surface area contributed by atoms with Crippen molar-refractivity contribution in [2.45, 2.75) is 24.8 Å². The fourth-order valence-electron chi connectivity index (χ4n) is 2.67. The Hall–Kier alpha value is -0.650. The summed E-state index contributed by atoms with van der Waals surface area (Å²) >= 11 is 0. The number of β-amino-alcohol motifs (C(OH)–C–C–N with tert-alkyl or cyclic N) is 1. The second kappa shape index (κ2) is 4.08. The number of nitrogens with one attached hydrogen (secondary N) is 1. The van der Waals surface area contributed by atoms with Gasteiger partial charge < -0.3 is 10.4 Å². The predicted molar refractivity (Wildman–Crippen MR) is 56.0 cm³/mol. The molecule has 0 bridgehead atoms. The monoisotopic (exact) mass is 213 g/mol. The Morgan fingerprint density at radius 3 is 2.73 bits per heavy atom. The van der Waals surface area contributed by atoms with Crippen molar-refractivity contribution in [3.05, 3.63) is 0 Å². The lowest BCUT2D eigenvalue weighted by molar-refractivity contribution is -0.140. The molecule has 2 fully saturated rings. The maximum atomic E-state index is 11.8. The number of rotatable bonds is 2. The SMILES string of the molecule is CN1N(CCO)C(=O)CC12CCNCC2. The van der Waals surface area contributed by atoms with E-state index in [4.69, 9.17) is 5.11 Å². The molecule has 0 aromatic heterocycles. The highest BCUT2D eigenvalue weighted by Gasteiger charge is 2.47. The van der Waals surface area contributed by atoms with Gasteiger partial charge in [0, 0.05) is 13.5 Å². The molecule has 0 radical (unpaired) electrons. The van der Waals surface area contributed by atoms with Crippen LogP contribution in [0.4, 0.5) is 0 Å². The summed E-state index contributed by atoms with van der Waals surface area (Å²) in [6.45, 7) is 2.41. The zero-order valence-electron chi connectivity index (χ0n) is 9.20. The van der Waals surface area contributed by atoms with E-state index in [0.717, 1.165) is 25.9 Å². The predicted octanol–water partition coefficient (Wildman–Crippen LogP) is -0.820. The minimum Gasteiger partial charge on any atom is -0.394 e. The van der Waals surface area contributed by atoms with E-state index in [0.29, 0.717) is 13.0 Å². The molecule has 0 saturated carbocycles. The number of aliphatic hydroxyl groups is 1. The smallest absolute Gasteiger partial charge is 0.238 e. The maximum Gasteiger partial charge on any atom is 0.238 e. The molecular formula is C10H19N3O2. The Morgan fingerprint density at radius 2 is 2.13 bits per heavy atom. The third-order valence-corrected chi connectivity index (χ3v) is 3.66. The van der Waals surface area contributed by atoms with Crippen molar-refractivity contribution < 1.29 is 9.90 Å². The Balaban J connectivity index is 2.12. The van der Waals surface area contributed by atoms with E-state index in [1.807, 2.05) is 12.1 Å². The second-order valence-corrected chi connectivity index (χ2v) is 4.42. The van der Waals surface area contributed by atoms with E-state index in [-0.39, 0.29) is 18.1 Å². The van der Waals surface area contributed by atoms with Crippen molar-refractivity contribution in [1.29, 1.82) is 0 Å². The van der Waals surface area contributed by atoms with Crippen LogP contribution in [-0.4, -0.2) is 59.9 Å². The number of nitrogens with zero attached hydrogens (tertiary/aromatic N) is 2. The second-order valence-electron chi connectivity index (χ2n) is 4.42. The first-order chi connectivity index (χ1) is 7.19. The number of aliphatic hydroxyl groups excluding tert-OH is 1. The summed E-state index contributed by atoms with van der Waals surface area (Å²) in [4.78, 5) is 11.8. The van der Waals surface area contributed by atoms with Gasteiger partial charge in [0.15, 0.2) is 0 Å². The average molecular weight is 213 g/mol. The van der Waals surface area contributed by atoms with Gasteiger partial charge in [-0.1, -0.05) is 0 Å². The summed E-state index contributed by atoms with van der Waals surface area (Å²) in [7, 11) is 1.96. The van der Waals surface area contributed by atoms with Crippen LogP contribution in [0.1, 0.15) is 19.3 Å². The molecule has 1 spiro atoms. The highest BCUT2D eigenvalue weighted by Crippen LogP contribution is 2.35. The topological polar surface area (TPSA) is 55.8 Å². The van der Waals surface area contributed by atoms with Crippen molar-refractivity contribution in [2.75, 3.05) is 33.3 Å². The third-order valence-electron chi connectivity index (χ3n) is 3.66.